The SMILES string of the molecule is CCOC(=O)C1(C(CC)c2ccccc2)C(=O)Oc2ccccc2C1=O. The standard InChI is InChI=1S/C21H20O5/c1-3-16(14-10-6-5-7-11-14)21(19(23)25-4-2)18(22)15-12-8-9-13-17(15)26-20(21)24/h5-13,16H,3-4H2,1-2H3. The maximum Gasteiger partial charge on any atom is 0.337 e. The number of rotatable bonds is 5. The lowest BCUT2D eigenvalue weighted by molar-refractivity contribution is -0.165. The van der Waals surface area contributed by atoms with Crippen LogP contribution < -0.4 is 4.74 Å². The summed E-state index contributed by atoms with van der Waals surface area (Å²) in [4.78, 5) is 39.5. The van der Waals surface area contributed by atoms with Gasteiger partial charge in [-0.2, -0.15) is 0 Å². The molecule has 1 aliphatic heterocycles. The van der Waals surface area contributed by atoms with Gasteiger partial charge < -0.3 is 9.47 Å². The number of ether oxygens (including phenoxy) is 2. The minimum atomic E-state index is -2.04. The maximum absolute atomic E-state index is 13.4. The molecule has 0 bridgehead atoms. The lowest BCUT2D eigenvalue weighted by atomic mass is 9.65. The van der Waals surface area contributed by atoms with Crippen LogP contribution in [0.25, 0.3) is 0 Å². The Bertz CT molecular complexity index is 842. The number of ketones is 1. The van der Waals surface area contributed by atoms with Crippen LogP contribution >= 0.6 is 0 Å². The van der Waals surface area contributed by atoms with E-state index in [0.29, 0.717) is 12.0 Å². The third-order valence-electron chi connectivity index (χ3n) is 4.74. The number of hydrogen-bond donors (Lipinski definition) is 0. The Kier molecular flexibility index (Phi) is 4.89. The number of fused-ring (bicyclic) bond motifs is 1. The molecular formula is C21H20O5. The fourth-order valence-electron chi connectivity index (χ4n) is 3.57. The molecule has 2 aromatic rings. The van der Waals surface area contributed by atoms with Crippen LogP contribution in [0.15, 0.2) is 54.6 Å². The smallest absolute Gasteiger partial charge is 0.337 e. The highest BCUT2D eigenvalue weighted by atomic mass is 16.6. The first kappa shape index (κ1) is 17.9. The summed E-state index contributed by atoms with van der Waals surface area (Å²) in [6.45, 7) is 3.54. The average molecular weight is 352 g/mol. The third-order valence-corrected chi connectivity index (χ3v) is 4.74. The molecule has 2 aromatic carbocycles. The van der Waals surface area contributed by atoms with Crippen molar-refractivity contribution in [2.75, 3.05) is 6.61 Å². The van der Waals surface area contributed by atoms with Gasteiger partial charge in [0.2, 0.25) is 5.41 Å². The topological polar surface area (TPSA) is 69.7 Å². The van der Waals surface area contributed by atoms with E-state index in [1.165, 1.54) is 0 Å². The molecule has 2 atom stereocenters. The van der Waals surface area contributed by atoms with Gasteiger partial charge in [0.05, 0.1) is 12.2 Å². The molecule has 0 fully saturated rings. The molecule has 0 aliphatic carbocycles. The van der Waals surface area contributed by atoms with E-state index >= 15 is 0 Å². The summed E-state index contributed by atoms with van der Waals surface area (Å²) < 4.78 is 10.6. The second kappa shape index (κ2) is 7.12. The summed E-state index contributed by atoms with van der Waals surface area (Å²) in [6.07, 6.45) is 0.395. The Balaban J connectivity index is 2.24. The molecule has 1 heterocycles. The summed E-state index contributed by atoms with van der Waals surface area (Å²) >= 11 is 0. The van der Waals surface area contributed by atoms with Crippen molar-refractivity contribution in [3.05, 3.63) is 65.7 Å². The number of carbonyl (C=O) groups excluding carboxylic acids is 3. The van der Waals surface area contributed by atoms with Crippen molar-refractivity contribution in [3.8, 4) is 5.75 Å². The first-order chi connectivity index (χ1) is 12.6. The van der Waals surface area contributed by atoms with Gasteiger partial charge in [0.25, 0.3) is 0 Å². The highest BCUT2D eigenvalue weighted by Crippen LogP contribution is 2.47. The van der Waals surface area contributed by atoms with Crippen molar-refractivity contribution in [3.63, 3.8) is 0 Å². The molecule has 26 heavy (non-hydrogen) atoms. The predicted molar refractivity (Wildman–Crippen MR) is 94.9 cm³/mol. The summed E-state index contributed by atoms with van der Waals surface area (Å²) in [7, 11) is 0. The fraction of sp³-hybridized carbons (Fsp3) is 0.286. The number of carbonyl (C=O) groups is 3. The highest BCUT2D eigenvalue weighted by molar-refractivity contribution is 6.29. The maximum atomic E-state index is 13.4. The summed E-state index contributed by atoms with van der Waals surface area (Å²) in [6, 6.07) is 15.5. The first-order valence-corrected chi connectivity index (χ1v) is 8.65. The Morgan fingerprint density at radius 1 is 1.04 bits per heavy atom. The lowest BCUT2D eigenvalue weighted by Crippen LogP contribution is -2.55. The second-order valence-corrected chi connectivity index (χ2v) is 6.11. The summed E-state index contributed by atoms with van der Waals surface area (Å²) in [5.41, 5.74) is -1.11. The first-order valence-electron chi connectivity index (χ1n) is 8.65. The van der Waals surface area contributed by atoms with E-state index in [-0.39, 0.29) is 17.9 Å². The van der Waals surface area contributed by atoms with Gasteiger partial charge >= 0.3 is 11.9 Å². The van der Waals surface area contributed by atoms with Crippen LogP contribution in [0.4, 0.5) is 0 Å². The van der Waals surface area contributed by atoms with Crippen molar-refractivity contribution < 1.29 is 23.9 Å². The van der Waals surface area contributed by atoms with Gasteiger partial charge in [-0.15, -0.1) is 0 Å². The normalized spacial score (nSPS) is 20.1. The molecule has 134 valence electrons. The monoisotopic (exact) mass is 352 g/mol. The molecule has 5 nitrogen and oxygen atoms in total. The van der Waals surface area contributed by atoms with E-state index in [1.807, 2.05) is 25.1 Å². The van der Waals surface area contributed by atoms with Crippen LogP contribution in [0.3, 0.4) is 0 Å². The highest BCUT2D eigenvalue weighted by Gasteiger charge is 2.63. The number of Topliss-reactive ketones (excluding diaryl/α,β-unsaturated/α-hetero) is 1. The van der Waals surface area contributed by atoms with Crippen LogP contribution in [0.5, 0.6) is 5.75 Å². The van der Waals surface area contributed by atoms with Gasteiger partial charge in [0.1, 0.15) is 5.75 Å². The zero-order valence-electron chi connectivity index (χ0n) is 14.7. The van der Waals surface area contributed by atoms with Crippen LogP contribution in [-0.4, -0.2) is 24.3 Å². The zero-order valence-corrected chi connectivity index (χ0v) is 14.7. The predicted octanol–water partition coefficient (Wildman–Crippen LogP) is 3.53. The Morgan fingerprint density at radius 2 is 1.69 bits per heavy atom. The van der Waals surface area contributed by atoms with E-state index in [2.05, 4.69) is 0 Å². The van der Waals surface area contributed by atoms with E-state index in [1.54, 1.807) is 43.3 Å². The fourth-order valence-corrected chi connectivity index (χ4v) is 3.57. The van der Waals surface area contributed by atoms with Crippen molar-refractivity contribution in [1.29, 1.82) is 0 Å². The molecule has 0 saturated heterocycles. The van der Waals surface area contributed by atoms with Gasteiger partial charge in [-0.05, 0) is 31.0 Å². The molecule has 0 aromatic heterocycles. The molecular weight excluding hydrogens is 332 g/mol. The second-order valence-electron chi connectivity index (χ2n) is 6.11. The molecule has 3 rings (SSSR count). The third kappa shape index (κ3) is 2.60. The van der Waals surface area contributed by atoms with Crippen LogP contribution in [0.1, 0.15) is 42.1 Å². The Morgan fingerprint density at radius 3 is 2.35 bits per heavy atom. The lowest BCUT2D eigenvalue weighted by Gasteiger charge is -2.37. The van der Waals surface area contributed by atoms with Crippen LogP contribution in [0, 0.1) is 5.41 Å². The van der Waals surface area contributed by atoms with Gasteiger partial charge in [-0.3, -0.25) is 9.59 Å². The quantitative estimate of drug-likeness (QED) is 0.468. The molecule has 2 unspecified atom stereocenters. The molecule has 5 heteroatoms. The minimum Gasteiger partial charge on any atom is -0.465 e. The Labute approximate surface area is 151 Å². The minimum absolute atomic E-state index is 0.0635. The van der Waals surface area contributed by atoms with E-state index in [4.69, 9.17) is 9.47 Å². The summed E-state index contributed by atoms with van der Waals surface area (Å²) in [5, 5.41) is 0. The molecule has 0 amide bonds. The molecule has 1 aliphatic rings. The molecule has 0 spiro atoms. The molecule has 0 saturated carbocycles. The largest absolute Gasteiger partial charge is 0.465 e. The number of para-hydroxylation sites is 1. The van der Waals surface area contributed by atoms with Crippen LogP contribution in [-0.2, 0) is 14.3 Å². The van der Waals surface area contributed by atoms with Crippen molar-refractivity contribution in [2.45, 2.75) is 26.2 Å². The van der Waals surface area contributed by atoms with Crippen LogP contribution in [0.2, 0.25) is 0 Å². The number of benzene rings is 2. The van der Waals surface area contributed by atoms with Crippen molar-refractivity contribution >= 4 is 17.7 Å². The average Bonchev–Trinajstić information content (AvgIpc) is 2.66. The zero-order chi connectivity index (χ0) is 18.7. The van der Waals surface area contributed by atoms with Gasteiger partial charge in [-0.25, -0.2) is 4.79 Å². The van der Waals surface area contributed by atoms with E-state index in [9.17, 15) is 14.4 Å². The number of hydrogen-bond acceptors (Lipinski definition) is 5. The van der Waals surface area contributed by atoms with E-state index in [0.717, 1.165) is 0 Å². The van der Waals surface area contributed by atoms with Crippen molar-refractivity contribution in [1.82, 2.24) is 0 Å². The van der Waals surface area contributed by atoms with Gasteiger partial charge in [0.15, 0.2) is 5.78 Å². The van der Waals surface area contributed by atoms with Gasteiger partial charge in [0, 0.05) is 5.92 Å². The molecule has 0 N–H and O–H groups in total. The molecule has 0 radical (unpaired) electrons. The number of esters is 2. The van der Waals surface area contributed by atoms with Crippen molar-refractivity contribution in [2.24, 2.45) is 5.41 Å². The van der Waals surface area contributed by atoms with E-state index < -0.39 is 29.1 Å². The summed E-state index contributed by atoms with van der Waals surface area (Å²) in [5.74, 6) is -2.82. The van der Waals surface area contributed by atoms with Gasteiger partial charge in [-0.1, -0.05) is 49.4 Å². The Hall–Kier alpha value is -2.95.